The minimum Gasteiger partial charge on any atom is -0.497 e. The zero-order chi connectivity index (χ0) is 23.3. The van der Waals surface area contributed by atoms with Gasteiger partial charge in [-0.3, -0.25) is 9.36 Å². The number of halogens is 1. The Morgan fingerprint density at radius 3 is 2.72 bits per heavy atom. The lowest BCUT2D eigenvalue weighted by Crippen LogP contribution is -2.26. The molecule has 168 valence electrons. The van der Waals surface area contributed by atoms with E-state index in [1.807, 2.05) is 0 Å². The molecule has 3 aromatic heterocycles. The van der Waals surface area contributed by atoms with E-state index in [2.05, 4.69) is 21.6 Å². The van der Waals surface area contributed by atoms with E-state index < -0.39 is 5.60 Å². The van der Waals surface area contributed by atoms with Crippen LogP contribution < -0.4 is 5.56 Å². The molecule has 10 heteroatoms. The predicted molar refractivity (Wildman–Crippen MR) is 122 cm³/mol. The van der Waals surface area contributed by atoms with Gasteiger partial charge in [-0.2, -0.15) is 5.10 Å². The molecule has 0 aliphatic heterocycles. The topological polar surface area (TPSA) is 104 Å². The fourth-order valence-corrected chi connectivity index (χ4v) is 2.82. The molecule has 32 heavy (non-hydrogen) atoms. The van der Waals surface area contributed by atoms with E-state index in [0.29, 0.717) is 33.4 Å². The zero-order valence-electron chi connectivity index (χ0n) is 18.0. The summed E-state index contributed by atoms with van der Waals surface area (Å²) in [6, 6.07) is 1.66. The van der Waals surface area contributed by atoms with Crippen LogP contribution in [0.4, 0.5) is 0 Å². The maximum Gasteiger partial charge on any atom is 0.282 e. The molecule has 0 aromatic carbocycles. The number of rotatable bonds is 9. The van der Waals surface area contributed by atoms with Gasteiger partial charge in [0.05, 0.1) is 36.6 Å². The first kappa shape index (κ1) is 23.4. The molecule has 0 atom stereocenters. The average molecular weight is 458 g/mol. The van der Waals surface area contributed by atoms with E-state index >= 15 is 0 Å². The maximum absolute atomic E-state index is 13.2. The van der Waals surface area contributed by atoms with Crippen LogP contribution in [-0.2, 0) is 9.47 Å². The summed E-state index contributed by atoms with van der Waals surface area (Å²) >= 11 is 5.85. The molecule has 1 N–H and O–H groups in total. The third-order valence-electron chi connectivity index (χ3n) is 4.22. The standard InChI is InChI=1S/C22H24ClN5O4/c1-15(31-4)8-18(6-5-7-32-13-22(2,3)30)27-14-26-28-12-16(9-19(28)21(27)29)20-24-10-17(23)11-25-20/h5-6,8-12,14,30H,1,7,13H2,2-4H3/b6-5-,18-8+. The number of hydrogen-bond donors (Lipinski definition) is 1. The van der Waals surface area contributed by atoms with Gasteiger partial charge in [0, 0.05) is 30.2 Å². The normalized spacial score (nSPS) is 12.6. The Morgan fingerprint density at radius 1 is 1.34 bits per heavy atom. The summed E-state index contributed by atoms with van der Waals surface area (Å²) in [5.41, 5.74) is 0.211. The largest absolute Gasteiger partial charge is 0.497 e. The highest BCUT2D eigenvalue weighted by Gasteiger charge is 2.13. The second kappa shape index (κ2) is 9.90. The van der Waals surface area contributed by atoms with Gasteiger partial charge in [0.15, 0.2) is 5.82 Å². The number of aromatic nitrogens is 5. The van der Waals surface area contributed by atoms with Crippen molar-refractivity contribution in [2.45, 2.75) is 19.4 Å². The van der Waals surface area contributed by atoms with Crippen LogP contribution in [0.3, 0.4) is 0 Å². The van der Waals surface area contributed by atoms with Gasteiger partial charge in [0.1, 0.15) is 17.6 Å². The van der Waals surface area contributed by atoms with E-state index in [1.165, 1.54) is 34.9 Å². The number of allylic oxidation sites excluding steroid dienone is 3. The molecule has 0 fully saturated rings. The summed E-state index contributed by atoms with van der Waals surface area (Å²) < 4.78 is 13.4. The van der Waals surface area contributed by atoms with Gasteiger partial charge in [0.25, 0.3) is 5.56 Å². The highest BCUT2D eigenvalue weighted by molar-refractivity contribution is 6.30. The maximum atomic E-state index is 13.2. The fourth-order valence-electron chi connectivity index (χ4n) is 2.73. The third kappa shape index (κ3) is 5.91. The minimum absolute atomic E-state index is 0.175. The number of hydrogen-bond acceptors (Lipinski definition) is 7. The molecule has 9 nitrogen and oxygen atoms in total. The van der Waals surface area contributed by atoms with E-state index in [4.69, 9.17) is 21.1 Å². The molecule has 0 unspecified atom stereocenters. The van der Waals surface area contributed by atoms with Crippen molar-refractivity contribution in [3.05, 3.63) is 76.9 Å². The van der Waals surface area contributed by atoms with Crippen molar-refractivity contribution in [3.8, 4) is 11.4 Å². The van der Waals surface area contributed by atoms with Gasteiger partial charge >= 0.3 is 0 Å². The average Bonchev–Trinajstić information content (AvgIpc) is 3.18. The van der Waals surface area contributed by atoms with Crippen LogP contribution in [0.5, 0.6) is 0 Å². The van der Waals surface area contributed by atoms with E-state index in [9.17, 15) is 9.90 Å². The van der Waals surface area contributed by atoms with Crippen molar-refractivity contribution in [1.29, 1.82) is 0 Å². The van der Waals surface area contributed by atoms with Gasteiger partial charge in [0.2, 0.25) is 0 Å². The summed E-state index contributed by atoms with van der Waals surface area (Å²) in [4.78, 5) is 21.6. The van der Waals surface area contributed by atoms with Gasteiger partial charge < -0.3 is 14.6 Å². The zero-order valence-corrected chi connectivity index (χ0v) is 18.8. The van der Waals surface area contributed by atoms with Crippen LogP contribution in [0, 0.1) is 0 Å². The summed E-state index contributed by atoms with van der Waals surface area (Å²) in [5, 5.41) is 14.5. The first-order valence-electron chi connectivity index (χ1n) is 9.67. The Labute approximate surface area is 189 Å². The van der Waals surface area contributed by atoms with Gasteiger partial charge in [-0.1, -0.05) is 24.3 Å². The van der Waals surface area contributed by atoms with Crippen LogP contribution in [0.1, 0.15) is 13.8 Å². The Balaban J connectivity index is 1.94. The second-order valence-corrected chi connectivity index (χ2v) is 8.00. The van der Waals surface area contributed by atoms with E-state index in [0.717, 1.165) is 0 Å². The molecule has 0 radical (unpaired) electrons. The van der Waals surface area contributed by atoms with Gasteiger partial charge in [-0.05, 0) is 26.0 Å². The van der Waals surface area contributed by atoms with Crippen LogP contribution >= 0.6 is 11.6 Å². The first-order valence-corrected chi connectivity index (χ1v) is 10.1. The quantitative estimate of drug-likeness (QED) is 0.299. The molecule has 0 saturated heterocycles. The number of nitrogens with zero attached hydrogens (tertiary/aromatic N) is 5. The molecule has 3 aromatic rings. The summed E-state index contributed by atoms with van der Waals surface area (Å²) in [7, 11) is 1.49. The van der Waals surface area contributed by atoms with Gasteiger partial charge in [-0.15, -0.1) is 0 Å². The first-order chi connectivity index (χ1) is 15.2. The molecular formula is C22H24ClN5O4. The Morgan fingerprint density at radius 2 is 2.06 bits per heavy atom. The smallest absolute Gasteiger partial charge is 0.282 e. The van der Waals surface area contributed by atoms with E-state index in [1.54, 1.807) is 44.3 Å². The summed E-state index contributed by atoms with van der Waals surface area (Å²) in [6.45, 7) is 7.53. The SMILES string of the molecule is C=C(/C=C(\C=C/COCC(C)(C)O)n1cnn2cc(-c3ncc(Cl)cn3)cc2c1=O)OC. The predicted octanol–water partition coefficient (Wildman–Crippen LogP) is 2.95. The lowest BCUT2D eigenvalue weighted by Gasteiger charge is -2.16. The number of methoxy groups -OCH3 is 1. The van der Waals surface area contributed by atoms with Crippen molar-refractivity contribution in [3.63, 3.8) is 0 Å². The van der Waals surface area contributed by atoms with Crippen LogP contribution in [-0.4, -0.2) is 55.2 Å². The molecular weight excluding hydrogens is 434 g/mol. The highest BCUT2D eigenvalue weighted by Crippen LogP contribution is 2.18. The lowest BCUT2D eigenvalue weighted by atomic mass is 10.2. The molecule has 0 amide bonds. The number of ether oxygens (including phenoxy) is 2. The summed E-state index contributed by atoms with van der Waals surface area (Å²) in [5.74, 6) is 0.790. The Hall–Kier alpha value is -3.27. The Bertz CT molecular complexity index is 1220. The van der Waals surface area contributed by atoms with Crippen molar-refractivity contribution < 1.29 is 14.6 Å². The lowest BCUT2D eigenvalue weighted by molar-refractivity contribution is -0.0124. The Kier molecular flexibility index (Phi) is 7.24. The van der Waals surface area contributed by atoms with Crippen LogP contribution in [0.15, 0.2) is 66.3 Å². The van der Waals surface area contributed by atoms with Gasteiger partial charge in [-0.25, -0.2) is 14.5 Å². The second-order valence-electron chi connectivity index (χ2n) is 7.56. The van der Waals surface area contributed by atoms with Crippen molar-refractivity contribution >= 4 is 22.8 Å². The molecule has 3 heterocycles. The molecule has 3 rings (SSSR count). The molecule has 0 aliphatic carbocycles. The van der Waals surface area contributed by atoms with Crippen molar-refractivity contribution in [1.82, 2.24) is 24.1 Å². The number of aliphatic hydroxyl groups is 1. The molecule has 0 spiro atoms. The van der Waals surface area contributed by atoms with Crippen molar-refractivity contribution in [2.75, 3.05) is 20.3 Å². The van der Waals surface area contributed by atoms with Crippen molar-refractivity contribution in [2.24, 2.45) is 0 Å². The van der Waals surface area contributed by atoms with E-state index in [-0.39, 0.29) is 18.8 Å². The molecule has 0 saturated carbocycles. The van der Waals surface area contributed by atoms with Crippen LogP contribution in [0.25, 0.3) is 22.6 Å². The molecule has 0 bridgehead atoms. The monoisotopic (exact) mass is 457 g/mol. The highest BCUT2D eigenvalue weighted by atomic mass is 35.5. The number of fused-ring (bicyclic) bond motifs is 1. The molecule has 0 aliphatic rings. The van der Waals surface area contributed by atoms with Crippen LogP contribution in [0.2, 0.25) is 5.02 Å². The summed E-state index contributed by atoms with van der Waals surface area (Å²) in [6.07, 6.45) is 11.1. The fraction of sp³-hybridized carbons (Fsp3) is 0.273. The minimum atomic E-state index is -0.927. The third-order valence-corrected chi connectivity index (χ3v) is 4.41.